The molecule has 2 aromatic carbocycles. The fraction of sp³-hybridized carbons (Fsp3) is 0.238. The first-order valence-corrected chi connectivity index (χ1v) is 9.48. The highest BCUT2D eigenvalue weighted by Gasteiger charge is 2.13. The van der Waals surface area contributed by atoms with Gasteiger partial charge >= 0.3 is 0 Å². The summed E-state index contributed by atoms with van der Waals surface area (Å²) in [7, 11) is 1.66. The highest BCUT2D eigenvalue weighted by molar-refractivity contribution is 7.16. The summed E-state index contributed by atoms with van der Waals surface area (Å²) in [6.07, 6.45) is 0.268. The smallest absolute Gasteiger partial charge is 0.229 e. The Balaban J connectivity index is 1.60. The third kappa shape index (κ3) is 4.86. The van der Waals surface area contributed by atoms with Crippen LogP contribution in [0, 0.1) is 13.8 Å². The molecule has 0 saturated heterocycles. The van der Waals surface area contributed by atoms with Crippen LogP contribution >= 0.6 is 11.3 Å². The zero-order valence-electron chi connectivity index (χ0n) is 15.6. The summed E-state index contributed by atoms with van der Waals surface area (Å²) in [5, 5.41) is 3.46. The van der Waals surface area contributed by atoms with E-state index in [1.807, 2.05) is 62.4 Å². The second-order valence-electron chi connectivity index (χ2n) is 6.07. The normalized spacial score (nSPS) is 10.5. The average molecular weight is 382 g/mol. The third-order valence-corrected chi connectivity index (χ3v) is 4.94. The first kappa shape index (κ1) is 18.9. The van der Waals surface area contributed by atoms with Crippen molar-refractivity contribution >= 4 is 22.4 Å². The van der Waals surface area contributed by atoms with Gasteiger partial charge in [0, 0.05) is 10.4 Å². The molecule has 0 fully saturated rings. The number of thiazole rings is 1. The molecule has 0 unspecified atom stereocenters. The largest absolute Gasteiger partial charge is 0.496 e. The van der Waals surface area contributed by atoms with Gasteiger partial charge in [-0.1, -0.05) is 18.2 Å². The van der Waals surface area contributed by atoms with Crippen molar-refractivity contribution in [3.8, 4) is 22.8 Å². The molecule has 3 aromatic rings. The molecule has 1 amide bonds. The zero-order chi connectivity index (χ0) is 19.2. The van der Waals surface area contributed by atoms with Gasteiger partial charge in [-0.2, -0.15) is 0 Å². The van der Waals surface area contributed by atoms with E-state index in [9.17, 15) is 4.79 Å². The van der Waals surface area contributed by atoms with Crippen LogP contribution < -0.4 is 14.8 Å². The summed E-state index contributed by atoms with van der Waals surface area (Å²) in [5.74, 6) is 1.49. The highest BCUT2D eigenvalue weighted by Crippen LogP contribution is 2.32. The van der Waals surface area contributed by atoms with Crippen LogP contribution in [0.15, 0.2) is 48.5 Å². The van der Waals surface area contributed by atoms with E-state index in [0.717, 1.165) is 33.2 Å². The van der Waals surface area contributed by atoms with Crippen molar-refractivity contribution in [1.29, 1.82) is 0 Å². The van der Waals surface area contributed by atoms with Gasteiger partial charge in [-0.05, 0) is 49.7 Å². The first-order valence-electron chi connectivity index (χ1n) is 8.67. The van der Waals surface area contributed by atoms with Crippen molar-refractivity contribution in [2.45, 2.75) is 20.3 Å². The standard InChI is InChI=1S/C21H22N2O3S/c1-14-13-16(9-10-18(14)25-3)20-15(2)27-21(23-20)22-19(24)11-12-26-17-7-5-4-6-8-17/h4-10,13H,11-12H2,1-3H3,(H,22,23,24). The van der Waals surface area contributed by atoms with E-state index in [-0.39, 0.29) is 12.3 Å². The summed E-state index contributed by atoms with van der Waals surface area (Å²) in [6, 6.07) is 15.4. The molecule has 3 rings (SSSR count). The lowest BCUT2D eigenvalue weighted by Gasteiger charge is -2.06. The number of para-hydroxylation sites is 1. The van der Waals surface area contributed by atoms with E-state index in [1.54, 1.807) is 7.11 Å². The lowest BCUT2D eigenvalue weighted by atomic mass is 10.1. The molecule has 1 aromatic heterocycles. The number of methoxy groups -OCH3 is 1. The summed E-state index contributed by atoms with van der Waals surface area (Å²) in [6.45, 7) is 4.32. The van der Waals surface area contributed by atoms with E-state index in [4.69, 9.17) is 9.47 Å². The van der Waals surface area contributed by atoms with Crippen LogP contribution in [-0.2, 0) is 4.79 Å². The SMILES string of the molecule is COc1ccc(-c2nc(NC(=O)CCOc3ccccc3)sc2C)cc1C. The van der Waals surface area contributed by atoms with Crippen LogP contribution in [0.25, 0.3) is 11.3 Å². The zero-order valence-corrected chi connectivity index (χ0v) is 16.4. The maximum atomic E-state index is 12.2. The first-order chi connectivity index (χ1) is 13.1. The van der Waals surface area contributed by atoms with Gasteiger partial charge in [0.25, 0.3) is 0 Å². The maximum absolute atomic E-state index is 12.2. The molecule has 0 atom stereocenters. The molecular formula is C21H22N2O3S. The minimum atomic E-state index is -0.114. The predicted molar refractivity (Wildman–Crippen MR) is 109 cm³/mol. The number of ether oxygens (including phenoxy) is 2. The number of benzene rings is 2. The molecule has 27 heavy (non-hydrogen) atoms. The molecule has 0 radical (unpaired) electrons. The Morgan fingerprint density at radius 2 is 1.93 bits per heavy atom. The number of anilines is 1. The number of nitrogens with one attached hydrogen (secondary N) is 1. The third-order valence-electron chi connectivity index (χ3n) is 4.05. The van der Waals surface area contributed by atoms with Crippen molar-refractivity contribution in [1.82, 2.24) is 4.98 Å². The van der Waals surface area contributed by atoms with Gasteiger partial charge in [0.1, 0.15) is 11.5 Å². The monoisotopic (exact) mass is 382 g/mol. The average Bonchev–Trinajstić information content (AvgIpc) is 3.02. The number of hydrogen-bond donors (Lipinski definition) is 1. The summed E-state index contributed by atoms with van der Waals surface area (Å²) >= 11 is 1.47. The Morgan fingerprint density at radius 3 is 2.63 bits per heavy atom. The lowest BCUT2D eigenvalue weighted by molar-refractivity contribution is -0.116. The Kier molecular flexibility index (Phi) is 6.08. The quantitative estimate of drug-likeness (QED) is 0.635. The fourth-order valence-electron chi connectivity index (χ4n) is 2.70. The molecule has 5 nitrogen and oxygen atoms in total. The van der Waals surface area contributed by atoms with Gasteiger partial charge in [0.15, 0.2) is 5.13 Å². The highest BCUT2D eigenvalue weighted by atomic mass is 32.1. The summed E-state index contributed by atoms with van der Waals surface area (Å²) in [4.78, 5) is 17.8. The van der Waals surface area contributed by atoms with Crippen molar-refractivity contribution in [2.24, 2.45) is 0 Å². The predicted octanol–water partition coefficient (Wildman–Crippen LogP) is 4.84. The number of carbonyl (C=O) groups is 1. The molecule has 0 aliphatic heterocycles. The van der Waals surface area contributed by atoms with Gasteiger partial charge in [-0.15, -0.1) is 11.3 Å². The Labute approximate surface area is 163 Å². The Morgan fingerprint density at radius 1 is 1.15 bits per heavy atom. The van der Waals surface area contributed by atoms with Gasteiger partial charge in [0.2, 0.25) is 5.91 Å². The second-order valence-corrected chi connectivity index (χ2v) is 7.27. The van der Waals surface area contributed by atoms with E-state index >= 15 is 0 Å². The Hall–Kier alpha value is -2.86. The van der Waals surface area contributed by atoms with Crippen molar-refractivity contribution in [3.05, 3.63) is 59.0 Å². The number of aryl methyl sites for hydroxylation is 2. The van der Waals surface area contributed by atoms with Crippen molar-refractivity contribution < 1.29 is 14.3 Å². The summed E-state index contributed by atoms with van der Waals surface area (Å²) < 4.78 is 10.9. The molecule has 1 heterocycles. The van der Waals surface area contributed by atoms with E-state index in [1.165, 1.54) is 11.3 Å². The number of rotatable bonds is 7. The van der Waals surface area contributed by atoms with Crippen LogP contribution in [0.3, 0.4) is 0 Å². The minimum Gasteiger partial charge on any atom is -0.496 e. The molecule has 140 valence electrons. The number of nitrogens with zero attached hydrogens (tertiary/aromatic N) is 1. The topological polar surface area (TPSA) is 60.5 Å². The summed E-state index contributed by atoms with van der Waals surface area (Å²) in [5.41, 5.74) is 2.93. The number of amides is 1. The molecule has 0 aliphatic carbocycles. The van der Waals surface area contributed by atoms with E-state index in [0.29, 0.717) is 11.7 Å². The van der Waals surface area contributed by atoms with Crippen LogP contribution in [0.5, 0.6) is 11.5 Å². The van der Waals surface area contributed by atoms with Crippen LogP contribution in [0.2, 0.25) is 0 Å². The Bertz CT molecular complexity index is 922. The van der Waals surface area contributed by atoms with Crippen LogP contribution in [-0.4, -0.2) is 24.6 Å². The number of carbonyl (C=O) groups excluding carboxylic acids is 1. The molecule has 0 aliphatic rings. The van der Waals surface area contributed by atoms with Gasteiger partial charge < -0.3 is 14.8 Å². The number of aromatic nitrogens is 1. The van der Waals surface area contributed by atoms with Crippen molar-refractivity contribution in [2.75, 3.05) is 19.0 Å². The van der Waals surface area contributed by atoms with E-state index < -0.39 is 0 Å². The molecule has 6 heteroatoms. The molecule has 0 spiro atoms. The minimum absolute atomic E-state index is 0.114. The number of hydrogen-bond acceptors (Lipinski definition) is 5. The molecule has 1 N–H and O–H groups in total. The molecule has 0 bridgehead atoms. The maximum Gasteiger partial charge on any atom is 0.229 e. The van der Waals surface area contributed by atoms with E-state index in [2.05, 4.69) is 10.3 Å². The van der Waals surface area contributed by atoms with Gasteiger partial charge in [0.05, 0.1) is 25.8 Å². The second kappa shape index (κ2) is 8.68. The van der Waals surface area contributed by atoms with Crippen molar-refractivity contribution in [3.63, 3.8) is 0 Å². The molecule has 0 saturated carbocycles. The van der Waals surface area contributed by atoms with Gasteiger partial charge in [-0.3, -0.25) is 4.79 Å². The lowest BCUT2D eigenvalue weighted by Crippen LogP contribution is -2.15. The fourth-order valence-corrected chi connectivity index (χ4v) is 3.56. The van der Waals surface area contributed by atoms with Gasteiger partial charge in [-0.25, -0.2) is 4.98 Å². The molecular weight excluding hydrogens is 360 g/mol. The van der Waals surface area contributed by atoms with Crippen LogP contribution in [0.4, 0.5) is 5.13 Å². The van der Waals surface area contributed by atoms with Crippen LogP contribution in [0.1, 0.15) is 16.9 Å².